The van der Waals surface area contributed by atoms with E-state index in [-0.39, 0.29) is 5.41 Å². The summed E-state index contributed by atoms with van der Waals surface area (Å²) in [5.74, 6) is 0. The van der Waals surface area contributed by atoms with Gasteiger partial charge in [0, 0.05) is 22.5 Å². The van der Waals surface area contributed by atoms with Crippen molar-refractivity contribution in [3.05, 3.63) is 133 Å². The second-order valence-electron chi connectivity index (χ2n) is 11.5. The Kier molecular flexibility index (Phi) is 5.71. The Hall–Kier alpha value is -4.82. The molecule has 0 bridgehead atoms. The Morgan fingerprint density at radius 3 is 1.75 bits per heavy atom. The van der Waals surface area contributed by atoms with Crippen molar-refractivity contribution < 1.29 is 0 Å². The van der Waals surface area contributed by atoms with Crippen LogP contribution in [0.2, 0.25) is 0 Å². The van der Waals surface area contributed by atoms with Gasteiger partial charge in [-0.05, 0) is 56.1 Å². The second kappa shape index (κ2) is 9.43. The zero-order valence-corrected chi connectivity index (χ0v) is 23.0. The number of nitrogens with zero attached hydrogens (tertiary/aromatic N) is 2. The van der Waals surface area contributed by atoms with Crippen LogP contribution in [-0.2, 0) is 5.41 Å². The third-order valence-electron chi connectivity index (χ3n) is 7.87. The van der Waals surface area contributed by atoms with Crippen LogP contribution in [0, 0.1) is 0 Å². The van der Waals surface area contributed by atoms with Gasteiger partial charge in [-0.15, -0.1) is 0 Å². The molecule has 40 heavy (non-hydrogen) atoms. The molecular formula is C38H30N2. The Bertz CT molecular complexity index is 2020. The molecule has 2 heteroatoms. The third kappa shape index (κ3) is 4.04. The van der Waals surface area contributed by atoms with Crippen LogP contribution in [0.3, 0.4) is 0 Å². The van der Waals surface area contributed by atoms with Gasteiger partial charge < -0.3 is 0 Å². The number of hydrogen-bond donors (Lipinski definition) is 0. The van der Waals surface area contributed by atoms with Gasteiger partial charge in [-0.1, -0.05) is 130 Å². The van der Waals surface area contributed by atoms with E-state index in [1.807, 2.05) is 6.20 Å². The van der Waals surface area contributed by atoms with Gasteiger partial charge in [0.1, 0.15) is 0 Å². The van der Waals surface area contributed by atoms with Crippen LogP contribution in [0.4, 0.5) is 0 Å². The van der Waals surface area contributed by atoms with Crippen LogP contribution in [0.1, 0.15) is 26.3 Å². The van der Waals surface area contributed by atoms with Crippen molar-refractivity contribution in [2.75, 3.05) is 0 Å². The highest BCUT2D eigenvalue weighted by Gasteiger charge is 2.20. The molecule has 0 saturated heterocycles. The highest BCUT2D eigenvalue weighted by Crippen LogP contribution is 2.40. The lowest BCUT2D eigenvalue weighted by molar-refractivity contribution is 0.596. The van der Waals surface area contributed by atoms with Crippen LogP contribution < -0.4 is 0 Å². The topological polar surface area (TPSA) is 25.8 Å². The highest BCUT2D eigenvalue weighted by molar-refractivity contribution is 6.13. The summed E-state index contributed by atoms with van der Waals surface area (Å²) in [7, 11) is 0. The molecule has 0 amide bonds. The van der Waals surface area contributed by atoms with E-state index in [4.69, 9.17) is 9.97 Å². The molecule has 0 atom stereocenters. The van der Waals surface area contributed by atoms with Crippen molar-refractivity contribution in [2.24, 2.45) is 0 Å². The molecule has 0 aliphatic rings. The smallest absolute Gasteiger partial charge is 0.0978 e. The van der Waals surface area contributed by atoms with E-state index in [0.717, 1.165) is 33.1 Å². The highest BCUT2D eigenvalue weighted by atomic mass is 14.8. The van der Waals surface area contributed by atoms with Crippen molar-refractivity contribution in [3.8, 4) is 33.5 Å². The average molecular weight is 515 g/mol. The van der Waals surface area contributed by atoms with Crippen molar-refractivity contribution >= 4 is 32.6 Å². The zero-order valence-electron chi connectivity index (χ0n) is 23.0. The number of fused-ring (bicyclic) bond motifs is 4. The monoisotopic (exact) mass is 514 g/mol. The van der Waals surface area contributed by atoms with E-state index in [2.05, 4.69) is 142 Å². The molecule has 2 nitrogen and oxygen atoms in total. The lowest BCUT2D eigenvalue weighted by Crippen LogP contribution is -2.11. The first kappa shape index (κ1) is 24.2. The molecule has 0 fully saturated rings. The van der Waals surface area contributed by atoms with E-state index in [1.165, 1.54) is 38.6 Å². The van der Waals surface area contributed by atoms with Gasteiger partial charge in [0.2, 0.25) is 0 Å². The lowest BCUT2D eigenvalue weighted by atomic mass is 9.82. The molecule has 0 aliphatic carbocycles. The maximum atomic E-state index is 5.37. The third-order valence-corrected chi connectivity index (χ3v) is 7.87. The number of pyridine rings is 2. The van der Waals surface area contributed by atoms with Crippen molar-refractivity contribution in [2.45, 2.75) is 26.2 Å². The SMILES string of the molecule is CC(C)(C)c1ccc(-c2cc(-c3ccccc3)c3ccc4c(-c5ccccc5)ccnc4c3n2)c2ccccc12. The predicted molar refractivity (Wildman–Crippen MR) is 170 cm³/mol. The largest absolute Gasteiger partial charge is 0.254 e. The Labute approximate surface area is 235 Å². The van der Waals surface area contributed by atoms with Gasteiger partial charge >= 0.3 is 0 Å². The predicted octanol–water partition coefficient (Wildman–Crippen LogP) is 10.2. The summed E-state index contributed by atoms with van der Waals surface area (Å²) in [6, 6.07) is 43.2. The van der Waals surface area contributed by atoms with Crippen molar-refractivity contribution in [1.29, 1.82) is 0 Å². The van der Waals surface area contributed by atoms with Gasteiger partial charge in [-0.2, -0.15) is 0 Å². The molecule has 0 unspecified atom stereocenters. The molecule has 7 rings (SSSR count). The summed E-state index contributed by atoms with van der Waals surface area (Å²) < 4.78 is 0. The molecule has 0 radical (unpaired) electrons. The summed E-state index contributed by atoms with van der Waals surface area (Å²) in [6.45, 7) is 6.83. The normalized spacial score (nSPS) is 11.9. The van der Waals surface area contributed by atoms with Gasteiger partial charge in [-0.3, -0.25) is 4.98 Å². The zero-order chi connectivity index (χ0) is 27.3. The molecular weight excluding hydrogens is 484 g/mol. The first-order valence-electron chi connectivity index (χ1n) is 13.8. The standard InChI is InChI=1S/C38H30N2/c1-38(2,3)34-21-20-30(28-16-10-11-17-29(28)34)35-24-33(26-14-8-5-9-15-26)32-19-18-31-27(25-12-6-4-7-13-25)22-23-39-36(31)37(32)40-35/h4-24H,1-3H3. The summed E-state index contributed by atoms with van der Waals surface area (Å²) in [5, 5.41) is 4.71. The maximum Gasteiger partial charge on any atom is 0.0978 e. The fourth-order valence-corrected chi connectivity index (χ4v) is 5.94. The van der Waals surface area contributed by atoms with Crippen LogP contribution in [0.5, 0.6) is 0 Å². The Morgan fingerprint density at radius 1 is 0.475 bits per heavy atom. The fraction of sp³-hybridized carbons (Fsp3) is 0.105. The number of rotatable bonds is 3. The lowest BCUT2D eigenvalue weighted by Gasteiger charge is -2.23. The van der Waals surface area contributed by atoms with Gasteiger partial charge in [-0.25, -0.2) is 4.98 Å². The number of hydrogen-bond acceptors (Lipinski definition) is 2. The van der Waals surface area contributed by atoms with Crippen LogP contribution in [0.25, 0.3) is 66.1 Å². The Morgan fingerprint density at radius 2 is 1.07 bits per heavy atom. The minimum Gasteiger partial charge on any atom is -0.254 e. The summed E-state index contributed by atoms with van der Waals surface area (Å²) >= 11 is 0. The van der Waals surface area contributed by atoms with E-state index < -0.39 is 0 Å². The molecule has 0 spiro atoms. The second-order valence-corrected chi connectivity index (χ2v) is 11.5. The van der Waals surface area contributed by atoms with E-state index >= 15 is 0 Å². The summed E-state index contributed by atoms with van der Waals surface area (Å²) in [5.41, 5.74) is 10.0. The van der Waals surface area contributed by atoms with Crippen LogP contribution >= 0.6 is 0 Å². The molecule has 2 aromatic heterocycles. The summed E-state index contributed by atoms with van der Waals surface area (Å²) in [4.78, 5) is 10.3. The van der Waals surface area contributed by atoms with Gasteiger partial charge in [0.25, 0.3) is 0 Å². The fourth-order valence-electron chi connectivity index (χ4n) is 5.94. The molecule has 2 heterocycles. The molecule has 0 saturated carbocycles. The maximum absolute atomic E-state index is 5.37. The molecule has 192 valence electrons. The van der Waals surface area contributed by atoms with E-state index in [0.29, 0.717) is 0 Å². The number of benzene rings is 5. The van der Waals surface area contributed by atoms with Crippen molar-refractivity contribution in [3.63, 3.8) is 0 Å². The minimum atomic E-state index is 0.0398. The van der Waals surface area contributed by atoms with E-state index in [9.17, 15) is 0 Å². The molecule has 7 aromatic rings. The van der Waals surface area contributed by atoms with Gasteiger partial charge in [0.15, 0.2) is 0 Å². The molecule has 0 N–H and O–H groups in total. The van der Waals surface area contributed by atoms with Gasteiger partial charge in [0.05, 0.1) is 16.7 Å². The Balaban J connectivity index is 1.57. The molecule has 0 aliphatic heterocycles. The minimum absolute atomic E-state index is 0.0398. The van der Waals surface area contributed by atoms with Crippen LogP contribution in [-0.4, -0.2) is 9.97 Å². The van der Waals surface area contributed by atoms with Crippen molar-refractivity contribution in [1.82, 2.24) is 9.97 Å². The number of aromatic nitrogens is 2. The van der Waals surface area contributed by atoms with Crippen LogP contribution in [0.15, 0.2) is 128 Å². The quantitative estimate of drug-likeness (QED) is 0.219. The summed E-state index contributed by atoms with van der Waals surface area (Å²) in [6.07, 6.45) is 1.91. The van der Waals surface area contributed by atoms with E-state index in [1.54, 1.807) is 0 Å². The first-order valence-corrected chi connectivity index (χ1v) is 13.8. The average Bonchev–Trinajstić information content (AvgIpc) is 3.00. The first-order chi connectivity index (χ1) is 19.5. The molecule has 5 aromatic carbocycles.